The van der Waals surface area contributed by atoms with Gasteiger partial charge in [-0.05, 0) is 13.3 Å². The van der Waals surface area contributed by atoms with Crippen LogP contribution < -0.4 is 5.32 Å². The van der Waals surface area contributed by atoms with Gasteiger partial charge in [0.15, 0.2) is 0 Å². The van der Waals surface area contributed by atoms with Crippen LogP contribution in [0, 0.1) is 0 Å². The molecule has 0 spiro atoms. The molecular formula is C14H31NO3. The molecule has 4 heteroatoms. The summed E-state index contributed by atoms with van der Waals surface area (Å²) in [6.07, 6.45) is 2.94. The highest BCUT2D eigenvalue weighted by molar-refractivity contribution is 5.72. The van der Waals surface area contributed by atoms with Crippen LogP contribution in [0.5, 0.6) is 0 Å². The van der Waals surface area contributed by atoms with Crippen molar-refractivity contribution >= 4 is 5.91 Å². The predicted molar refractivity (Wildman–Crippen MR) is 77.4 cm³/mol. The number of aliphatic hydroxyl groups excluding tert-OH is 1. The number of rotatable bonds is 6. The Balaban J connectivity index is -0.000000270. The number of aliphatic hydroxyl groups is 1. The Hall–Kier alpha value is -1.03. The molecule has 0 saturated carbocycles. The molecule has 0 aromatic heterocycles. The fourth-order valence-electron chi connectivity index (χ4n) is 1.01. The van der Waals surface area contributed by atoms with Gasteiger partial charge in [-0.3, -0.25) is 4.79 Å². The van der Waals surface area contributed by atoms with E-state index in [4.69, 9.17) is 9.84 Å². The standard InChI is InChI=1S/C9H18O2.C3H7NO.C2H6/c1-4-5-9(6-7-10)11-8(2)3;1-3(5)4-2;1-2/h9-10H,2,4-7H2,1,3H3;1-2H3,(H,4,5);1-2H3. The van der Waals surface area contributed by atoms with E-state index in [0.717, 1.165) is 18.6 Å². The lowest BCUT2D eigenvalue weighted by Crippen LogP contribution is -2.13. The summed E-state index contributed by atoms with van der Waals surface area (Å²) in [5.41, 5.74) is 0. The van der Waals surface area contributed by atoms with Gasteiger partial charge in [-0.15, -0.1) is 0 Å². The van der Waals surface area contributed by atoms with E-state index in [1.165, 1.54) is 6.92 Å². The van der Waals surface area contributed by atoms with Crippen LogP contribution in [0.3, 0.4) is 0 Å². The van der Waals surface area contributed by atoms with Crippen molar-refractivity contribution in [2.75, 3.05) is 13.7 Å². The summed E-state index contributed by atoms with van der Waals surface area (Å²) >= 11 is 0. The van der Waals surface area contributed by atoms with Gasteiger partial charge < -0.3 is 15.2 Å². The van der Waals surface area contributed by atoms with Gasteiger partial charge in [0.25, 0.3) is 0 Å². The molecule has 0 bridgehead atoms. The van der Waals surface area contributed by atoms with Crippen LogP contribution in [-0.2, 0) is 9.53 Å². The normalized spacial score (nSPS) is 9.94. The average Bonchev–Trinajstić information content (AvgIpc) is 2.32. The van der Waals surface area contributed by atoms with E-state index in [2.05, 4.69) is 18.8 Å². The zero-order valence-electron chi connectivity index (χ0n) is 12.9. The molecule has 0 aromatic rings. The topological polar surface area (TPSA) is 58.6 Å². The number of hydrogen-bond acceptors (Lipinski definition) is 3. The molecule has 1 atom stereocenters. The molecule has 0 aliphatic carbocycles. The van der Waals surface area contributed by atoms with Gasteiger partial charge in [0.2, 0.25) is 5.91 Å². The highest BCUT2D eigenvalue weighted by atomic mass is 16.5. The van der Waals surface area contributed by atoms with E-state index >= 15 is 0 Å². The summed E-state index contributed by atoms with van der Waals surface area (Å²) in [5, 5.41) is 11.1. The lowest BCUT2D eigenvalue weighted by molar-refractivity contribution is -0.118. The average molecular weight is 261 g/mol. The van der Waals surface area contributed by atoms with Crippen LogP contribution in [-0.4, -0.2) is 30.8 Å². The zero-order chi connectivity index (χ0) is 15.0. The minimum Gasteiger partial charge on any atom is -0.496 e. The van der Waals surface area contributed by atoms with Gasteiger partial charge >= 0.3 is 0 Å². The number of nitrogens with one attached hydrogen (secondary N) is 1. The minimum atomic E-state index is 0.00463. The molecule has 110 valence electrons. The molecule has 0 aromatic carbocycles. The second-order valence-electron chi connectivity index (χ2n) is 3.55. The molecule has 0 fully saturated rings. The fraction of sp³-hybridized carbons (Fsp3) is 0.786. The van der Waals surface area contributed by atoms with E-state index in [-0.39, 0.29) is 18.6 Å². The second kappa shape index (κ2) is 18.3. The highest BCUT2D eigenvalue weighted by Crippen LogP contribution is 2.09. The summed E-state index contributed by atoms with van der Waals surface area (Å²) < 4.78 is 5.38. The van der Waals surface area contributed by atoms with Crippen molar-refractivity contribution in [1.29, 1.82) is 0 Å². The lowest BCUT2D eigenvalue weighted by atomic mass is 10.1. The van der Waals surface area contributed by atoms with Gasteiger partial charge in [-0.2, -0.15) is 0 Å². The third-order valence-electron chi connectivity index (χ3n) is 1.78. The third-order valence-corrected chi connectivity index (χ3v) is 1.78. The van der Waals surface area contributed by atoms with Gasteiger partial charge in [0.1, 0.15) is 6.10 Å². The zero-order valence-corrected chi connectivity index (χ0v) is 12.9. The van der Waals surface area contributed by atoms with Crippen LogP contribution in [0.15, 0.2) is 12.3 Å². The number of hydrogen-bond donors (Lipinski definition) is 2. The monoisotopic (exact) mass is 261 g/mol. The Kier molecular flexibility index (Phi) is 22.6. The van der Waals surface area contributed by atoms with Crippen LogP contribution >= 0.6 is 0 Å². The Morgan fingerprint density at radius 2 is 1.78 bits per heavy atom. The van der Waals surface area contributed by atoms with Crippen molar-refractivity contribution in [2.24, 2.45) is 0 Å². The number of carbonyl (C=O) groups excluding carboxylic acids is 1. The number of ether oxygens (including phenoxy) is 1. The highest BCUT2D eigenvalue weighted by Gasteiger charge is 2.06. The maximum atomic E-state index is 9.70. The van der Waals surface area contributed by atoms with Crippen molar-refractivity contribution < 1.29 is 14.6 Å². The number of amides is 1. The van der Waals surface area contributed by atoms with E-state index in [9.17, 15) is 4.79 Å². The van der Waals surface area contributed by atoms with Crippen molar-refractivity contribution in [3.63, 3.8) is 0 Å². The van der Waals surface area contributed by atoms with Crippen LogP contribution in [0.1, 0.15) is 53.9 Å². The summed E-state index contributed by atoms with van der Waals surface area (Å²) in [7, 11) is 1.60. The third kappa shape index (κ3) is 24.3. The predicted octanol–water partition coefficient (Wildman–Crippen LogP) is 2.87. The quantitative estimate of drug-likeness (QED) is 0.723. The largest absolute Gasteiger partial charge is 0.496 e. The SMILES string of the molecule is C=C(C)OC(CCC)CCO.CC.CNC(C)=O. The second-order valence-corrected chi connectivity index (χ2v) is 3.55. The first-order valence-electron chi connectivity index (χ1n) is 6.59. The molecule has 0 aliphatic heterocycles. The molecule has 0 rings (SSSR count). The Morgan fingerprint density at radius 1 is 1.33 bits per heavy atom. The van der Waals surface area contributed by atoms with Crippen molar-refractivity contribution in [2.45, 2.75) is 60.0 Å². The van der Waals surface area contributed by atoms with Crippen LogP contribution in [0.25, 0.3) is 0 Å². The Bertz CT molecular complexity index is 187. The molecule has 0 aliphatic rings. The summed E-state index contributed by atoms with van der Waals surface area (Å²) in [4.78, 5) is 9.70. The molecule has 1 amide bonds. The fourth-order valence-corrected chi connectivity index (χ4v) is 1.01. The molecule has 4 nitrogen and oxygen atoms in total. The van der Waals surface area contributed by atoms with Crippen LogP contribution in [0.4, 0.5) is 0 Å². The van der Waals surface area contributed by atoms with Crippen molar-refractivity contribution in [3.8, 4) is 0 Å². The van der Waals surface area contributed by atoms with Crippen molar-refractivity contribution in [1.82, 2.24) is 5.32 Å². The minimum absolute atomic E-state index is 0.00463. The molecule has 0 heterocycles. The van der Waals surface area contributed by atoms with Gasteiger partial charge in [-0.1, -0.05) is 33.8 Å². The van der Waals surface area contributed by atoms with E-state index in [1.54, 1.807) is 7.05 Å². The van der Waals surface area contributed by atoms with Crippen molar-refractivity contribution in [3.05, 3.63) is 12.3 Å². The molecular weight excluding hydrogens is 230 g/mol. The smallest absolute Gasteiger partial charge is 0.216 e. The first-order valence-corrected chi connectivity index (χ1v) is 6.59. The number of allylic oxidation sites excluding steroid dienone is 1. The van der Waals surface area contributed by atoms with Gasteiger partial charge in [0, 0.05) is 27.0 Å². The first-order chi connectivity index (χ1) is 8.47. The Labute approximate surface area is 112 Å². The first kappa shape index (κ1) is 22.2. The van der Waals surface area contributed by atoms with Gasteiger partial charge in [-0.25, -0.2) is 0 Å². The summed E-state index contributed by atoms with van der Waals surface area (Å²) in [6.45, 7) is 13.3. The maximum absolute atomic E-state index is 9.70. The van der Waals surface area contributed by atoms with E-state index in [0.29, 0.717) is 6.42 Å². The van der Waals surface area contributed by atoms with E-state index < -0.39 is 0 Å². The molecule has 2 N–H and O–H groups in total. The summed E-state index contributed by atoms with van der Waals surface area (Å²) in [5.74, 6) is 0.738. The van der Waals surface area contributed by atoms with Crippen LogP contribution in [0.2, 0.25) is 0 Å². The number of carbonyl (C=O) groups is 1. The molecule has 0 saturated heterocycles. The summed E-state index contributed by atoms with van der Waals surface area (Å²) in [6, 6.07) is 0. The molecule has 0 radical (unpaired) electrons. The maximum Gasteiger partial charge on any atom is 0.216 e. The molecule has 1 unspecified atom stereocenters. The Morgan fingerprint density at radius 3 is 2.00 bits per heavy atom. The van der Waals surface area contributed by atoms with E-state index in [1.807, 2.05) is 20.8 Å². The molecule has 18 heavy (non-hydrogen) atoms. The van der Waals surface area contributed by atoms with Gasteiger partial charge in [0.05, 0.1) is 5.76 Å². The lowest BCUT2D eigenvalue weighted by Gasteiger charge is -2.16.